The van der Waals surface area contributed by atoms with Gasteiger partial charge in [-0.25, -0.2) is 4.39 Å². The standard InChI is InChI=1S/C15H12BrClFNO/c1-9(10-3-2-4-12(16)7-10)19-15(20)11-5-6-13(17)14(18)8-11/h2-9H,1H3,(H,19,20). The monoisotopic (exact) mass is 355 g/mol. The Hall–Kier alpha value is -1.39. The van der Waals surface area contributed by atoms with Gasteiger partial charge in [0.25, 0.3) is 5.91 Å². The summed E-state index contributed by atoms with van der Waals surface area (Å²) in [5, 5.41) is 2.82. The van der Waals surface area contributed by atoms with Crippen LogP contribution in [0.15, 0.2) is 46.9 Å². The first-order chi connectivity index (χ1) is 9.47. The molecule has 1 atom stereocenters. The molecular formula is C15H12BrClFNO. The molecule has 0 radical (unpaired) electrons. The lowest BCUT2D eigenvalue weighted by Gasteiger charge is -2.15. The van der Waals surface area contributed by atoms with Gasteiger partial charge in [0, 0.05) is 10.0 Å². The normalized spacial score (nSPS) is 12.0. The Morgan fingerprint density at radius 2 is 2.05 bits per heavy atom. The summed E-state index contributed by atoms with van der Waals surface area (Å²) in [6.07, 6.45) is 0. The Labute approximate surface area is 130 Å². The topological polar surface area (TPSA) is 29.1 Å². The fraction of sp³-hybridized carbons (Fsp3) is 0.133. The number of benzene rings is 2. The highest BCUT2D eigenvalue weighted by molar-refractivity contribution is 9.10. The van der Waals surface area contributed by atoms with E-state index in [0.29, 0.717) is 0 Å². The molecule has 2 nitrogen and oxygen atoms in total. The molecule has 0 aliphatic rings. The van der Waals surface area contributed by atoms with Gasteiger partial charge in [-0.15, -0.1) is 0 Å². The first-order valence-electron chi connectivity index (χ1n) is 5.99. The summed E-state index contributed by atoms with van der Waals surface area (Å²) in [6, 6.07) is 11.5. The maximum Gasteiger partial charge on any atom is 0.251 e. The molecule has 0 bridgehead atoms. The van der Waals surface area contributed by atoms with Gasteiger partial charge in [-0.05, 0) is 42.8 Å². The van der Waals surface area contributed by atoms with E-state index < -0.39 is 5.82 Å². The summed E-state index contributed by atoms with van der Waals surface area (Å²) in [5.74, 6) is -0.942. The highest BCUT2D eigenvalue weighted by Gasteiger charge is 2.13. The van der Waals surface area contributed by atoms with Crippen LogP contribution in [-0.2, 0) is 0 Å². The molecule has 0 aromatic heterocycles. The molecular weight excluding hydrogens is 345 g/mol. The molecule has 2 aromatic rings. The lowest BCUT2D eigenvalue weighted by atomic mass is 10.1. The lowest BCUT2D eigenvalue weighted by molar-refractivity contribution is 0.0939. The molecule has 2 aromatic carbocycles. The number of nitrogens with one attached hydrogen (secondary N) is 1. The second-order valence-corrected chi connectivity index (χ2v) is 5.70. The quantitative estimate of drug-likeness (QED) is 0.846. The molecule has 0 aliphatic carbocycles. The third kappa shape index (κ3) is 3.58. The van der Waals surface area contributed by atoms with Gasteiger partial charge in [-0.2, -0.15) is 0 Å². The smallest absolute Gasteiger partial charge is 0.251 e. The van der Waals surface area contributed by atoms with Crippen LogP contribution in [0.25, 0.3) is 0 Å². The van der Waals surface area contributed by atoms with Crippen molar-refractivity contribution in [3.8, 4) is 0 Å². The van der Waals surface area contributed by atoms with Gasteiger partial charge < -0.3 is 5.32 Å². The molecule has 1 N–H and O–H groups in total. The van der Waals surface area contributed by atoms with Gasteiger partial charge in [-0.1, -0.05) is 39.7 Å². The van der Waals surface area contributed by atoms with Crippen LogP contribution < -0.4 is 5.32 Å². The van der Waals surface area contributed by atoms with E-state index in [9.17, 15) is 9.18 Å². The maximum atomic E-state index is 13.3. The van der Waals surface area contributed by atoms with Gasteiger partial charge in [0.05, 0.1) is 11.1 Å². The van der Waals surface area contributed by atoms with Crippen molar-refractivity contribution in [2.24, 2.45) is 0 Å². The predicted octanol–water partition coefficient (Wildman–Crippen LogP) is 4.73. The molecule has 20 heavy (non-hydrogen) atoms. The zero-order chi connectivity index (χ0) is 14.7. The minimum atomic E-state index is -0.602. The van der Waals surface area contributed by atoms with Gasteiger partial charge in [-0.3, -0.25) is 4.79 Å². The zero-order valence-electron chi connectivity index (χ0n) is 10.7. The lowest BCUT2D eigenvalue weighted by Crippen LogP contribution is -2.26. The number of rotatable bonds is 3. The fourth-order valence-electron chi connectivity index (χ4n) is 1.78. The van der Waals surface area contributed by atoms with Crippen molar-refractivity contribution in [2.75, 3.05) is 0 Å². The zero-order valence-corrected chi connectivity index (χ0v) is 13.0. The predicted molar refractivity (Wildman–Crippen MR) is 81.4 cm³/mol. The average Bonchev–Trinajstić information content (AvgIpc) is 2.41. The first kappa shape index (κ1) is 15.0. The molecule has 0 saturated carbocycles. The Morgan fingerprint density at radius 3 is 2.70 bits per heavy atom. The molecule has 104 valence electrons. The van der Waals surface area contributed by atoms with E-state index in [1.165, 1.54) is 12.1 Å². The summed E-state index contributed by atoms with van der Waals surface area (Å²) >= 11 is 8.97. The van der Waals surface area contributed by atoms with Crippen LogP contribution in [0.5, 0.6) is 0 Å². The highest BCUT2D eigenvalue weighted by Crippen LogP contribution is 2.19. The maximum absolute atomic E-state index is 13.3. The van der Waals surface area contributed by atoms with Crippen molar-refractivity contribution in [3.05, 3.63) is 68.9 Å². The molecule has 2 rings (SSSR count). The van der Waals surface area contributed by atoms with E-state index in [-0.39, 0.29) is 22.5 Å². The summed E-state index contributed by atoms with van der Waals surface area (Å²) in [5.41, 5.74) is 1.20. The van der Waals surface area contributed by atoms with Crippen LogP contribution in [0.3, 0.4) is 0 Å². The molecule has 0 spiro atoms. The molecule has 0 saturated heterocycles. The number of amides is 1. The Kier molecular flexibility index (Phi) is 4.78. The molecule has 0 heterocycles. The minimum absolute atomic E-state index is 0.00147. The second kappa shape index (κ2) is 6.37. The van der Waals surface area contributed by atoms with Crippen LogP contribution >= 0.6 is 27.5 Å². The van der Waals surface area contributed by atoms with Crippen molar-refractivity contribution >= 4 is 33.4 Å². The number of hydrogen-bond donors (Lipinski definition) is 1. The average molecular weight is 357 g/mol. The van der Waals surface area contributed by atoms with E-state index in [2.05, 4.69) is 21.2 Å². The van der Waals surface area contributed by atoms with Gasteiger partial charge in [0.15, 0.2) is 0 Å². The minimum Gasteiger partial charge on any atom is -0.346 e. The Morgan fingerprint density at radius 1 is 1.30 bits per heavy atom. The Balaban J connectivity index is 2.13. The van der Waals surface area contributed by atoms with Crippen molar-refractivity contribution in [1.29, 1.82) is 0 Å². The van der Waals surface area contributed by atoms with Crippen molar-refractivity contribution in [3.63, 3.8) is 0 Å². The third-order valence-corrected chi connectivity index (χ3v) is 3.68. The third-order valence-electron chi connectivity index (χ3n) is 2.88. The van der Waals surface area contributed by atoms with Crippen LogP contribution in [0, 0.1) is 5.82 Å². The van der Waals surface area contributed by atoms with Crippen LogP contribution in [0.1, 0.15) is 28.9 Å². The first-order valence-corrected chi connectivity index (χ1v) is 7.16. The number of carbonyl (C=O) groups excluding carboxylic acids is 1. The second-order valence-electron chi connectivity index (χ2n) is 4.38. The van der Waals surface area contributed by atoms with E-state index in [0.717, 1.165) is 16.1 Å². The fourth-order valence-corrected chi connectivity index (χ4v) is 2.31. The number of halogens is 3. The summed E-state index contributed by atoms with van der Waals surface area (Å²) < 4.78 is 14.3. The van der Waals surface area contributed by atoms with Crippen molar-refractivity contribution < 1.29 is 9.18 Å². The van der Waals surface area contributed by atoms with Gasteiger partial charge >= 0.3 is 0 Å². The van der Waals surface area contributed by atoms with Crippen LogP contribution in [0.4, 0.5) is 4.39 Å². The highest BCUT2D eigenvalue weighted by atomic mass is 79.9. The van der Waals surface area contributed by atoms with Crippen molar-refractivity contribution in [1.82, 2.24) is 5.32 Å². The summed E-state index contributed by atoms with van der Waals surface area (Å²) in [6.45, 7) is 1.87. The van der Waals surface area contributed by atoms with E-state index in [1.807, 2.05) is 31.2 Å². The van der Waals surface area contributed by atoms with Crippen LogP contribution in [0.2, 0.25) is 5.02 Å². The van der Waals surface area contributed by atoms with E-state index in [1.54, 1.807) is 0 Å². The number of hydrogen-bond acceptors (Lipinski definition) is 1. The molecule has 0 fully saturated rings. The van der Waals surface area contributed by atoms with E-state index >= 15 is 0 Å². The largest absolute Gasteiger partial charge is 0.346 e. The molecule has 1 unspecified atom stereocenters. The summed E-state index contributed by atoms with van der Waals surface area (Å²) in [4.78, 5) is 12.0. The Bertz CT molecular complexity index is 648. The van der Waals surface area contributed by atoms with Gasteiger partial charge in [0.2, 0.25) is 0 Å². The molecule has 0 aliphatic heterocycles. The van der Waals surface area contributed by atoms with Crippen LogP contribution in [-0.4, -0.2) is 5.91 Å². The molecule has 1 amide bonds. The summed E-state index contributed by atoms with van der Waals surface area (Å²) in [7, 11) is 0. The SMILES string of the molecule is CC(NC(=O)c1ccc(Cl)c(F)c1)c1cccc(Br)c1. The van der Waals surface area contributed by atoms with Crippen molar-refractivity contribution in [2.45, 2.75) is 13.0 Å². The van der Waals surface area contributed by atoms with E-state index in [4.69, 9.17) is 11.6 Å². The van der Waals surface area contributed by atoms with Gasteiger partial charge in [0.1, 0.15) is 5.82 Å². The number of carbonyl (C=O) groups is 1. The molecule has 5 heteroatoms.